The van der Waals surface area contributed by atoms with Gasteiger partial charge < -0.3 is 4.43 Å². The largest absolute Gasteiger partial charge is 0.392 e. The molecule has 0 aliphatic carbocycles. The van der Waals surface area contributed by atoms with Crippen molar-refractivity contribution < 1.29 is 4.43 Å². The summed E-state index contributed by atoms with van der Waals surface area (Å²) in [5.74, 6) is 3.57. The zero-order chi connectivity index (χ0) is 24.4. The zero-order valence-electron chi connectivity index (χ0n) is 21.8. The van der Waals surface area contributed by atoms with E-state index in [0.29, 0.717) is 0 Å². The van der Waals surface area contributed by atoms with Gasteiger partial charge in [0.1, 0.15) is 6.10 Å². The Balaban J connectivity index is 2.47. The Bertz CT molecular complexity index is 897. The van der Waals surface area contributed by atoms with Crippen LogP contribution in [-0.4, -0.2) is 14.5 Å². The van der Waals surface area contributed by atoms with Gasteiger partial charge in [0.2, 0.25) is 0 Å². The molecule has 0 N–H and O–H groups in total. The van der Waals surface area contributed by atoms with Gasteiger partial charge in [0.25, 0.3) is 8.32 Å². The normalized spacial score (nSPS) is 13.5. The van der Waals surface area contributed by atoms with Crippen molar-refractivity contribution in [2.75, 3.05) is 0 Å². The molecular weight excluding hydrogens is 418 g/mol. The van der Waals surface area contributed by atoms with Gasteiger partial charge in [-0.3, -0.25) is 4.99 Å². The number of nitrogens with zero attached hydrogens (tertiary/aromatic N) is 1. The number of benzene rings is 2. The van der Waals surface area contributed by atoms with E-state index in [2.05, 4.69) is 84.2 Å². The second-order valence-corrected chi connectivity index (χ2v) is 15.7. The summed E-state index contributed by atoms with van der Waals surface area (Å²) in [7, 11) is -2.60. The Kier molecular flexibility index (Phi) is 10.1. The van der Waals surface area contributed by atoms with E-state index in [1.807, 2.05) is 42.6 Å². The smallest absolute Gasteiger partial charge is 0.283 e. The third kappa shape index (κ3) is 7.69. The SMILES string of the molecule is CCCCCCC#C[Si](OC(C=Nc1ccccc1)c1ccccc1)(C(C)(C)C)C(C)(C)C. The molecule has 0 amide bonds. The molecule has 0 saturated carbocycles. The molecule has 0 saturated heterocycles. The molecule has 2 rings (SSSR count). The molecule has 1 unspecified atom stereocenters. The van der Waals surface area contributed by atoms with Gasteiger partial charge in [0.15, 0.2) is 0 Å². The Morgan fingerprint density at radius 2 is 1.42 bits per heavy atom. The van der Waals surface area contributed by atoms with E-state index in [9.17, 15) is 0 Å². The average Bonchev–Trinajstić information content (AvgIpc) is 2.77. The third-order valence-corrected chi connectivity index (χ3v) is 11.4. The summed E-state index contributed by atoms with van der Waals surface area (Å²) in [6.45, 7) is 16.0. The number of para-hydroxylation sites is 1. The standard InChI is InChI=1S/C30H43NOSi/c1-8-9-10-11-12-19-24-33(29(2,3)4,30(5,6)7)32-28(26-20-15-13-16-21-26)25-31-27-22-17-14-18-23-27/h13-18,20-23,25,28H,8-12H2,1-7H3. The highest BCUT2D eigenvalue weighted by molar-refractivity contribution is 6.86. The molecule has 0 aliphatic rings. The van der Waals surface area contributed by atoms with Gasteiger partial charge in [-0.2, -0.15) is 0 Å². The van der Waals surface area contributed by atoms with Gasteiger partial charge in [-0.1, -0.05) is 122 Å². The van der Waals surface area contributed by atoms with Gasteiger partial charge >= 0.3 is 0 Å². The molecule has 178 valence electrons. The van der Waals surface area contributed by atoms with Crippen LogP contribution < -0.4 is 0 Å². The van der Waals surface area contributed by atoms with Crippen LogP contribution in [-0.2, 0) is 4.43 Å². The summed E-state index contributed by atoms with van der Waals surface area (Å²) in [6, 6.07) is 20.5. The topological polar surface area (TPSA) is 21.6 Å². The van der Waals surface area contributed by atoms with Crippen molar-refractivity contribution >= 4 is 20.2 Å². The Morgan fingerprint density at radius 1 is 0.848 bits per heavy atom. The van der Waals surface area contributed by atoms with Crippen molar-refractivity contribution in [1.29, 1.82) is 0 Å². The highest BCUT2D eigenvalue weighted by Gasteiger charge is 2.56. The summed E-state index contributed by atoms with van der Waals surface area (Å²) in [6.07, 6.45) is 7.61. The number of rotatable bonds is 9. The average molecular weight is 462 g/mol. The van der Waals surface area contributed by atoms with Gasteiger partial charge in [0.05, 0.1) is 5.69 Å². The molecule has 3 heteroatoms. The summed E-state index contributed by atoms with van der Waals surface area (Å²) in [5, 5.41) is -0.120. The summed E-state index contributed by atoms with van der Waals surface area (Å²) < 4.78 is 7.22. The van der Waals surface area contributed by atoms with Gasteiger partial charge in [0, 0.05) is 12.6 Å². The van der Waals surface area contributed by atoms with E-state index in [1.165, 1.54) is 19.3 Å². The molecule has 2 aromatic carbocycles. The molecule has 0 heterocycles. The third-order valence-electron chi connectivity index (χ3n) is 6.08. The first-order valence-corrected chi connectivity index (χ1v) is 14.3. The van der Waals surface area contributed by atoms with Crippen LogP contribution in [0.2, 0.25) is 10.1 Å². The van der Waals surface area contributed by atoms with Crippen LogP contribution in [0.15, 0.2) is 65.7 Å². The number of hydrogen-bond donors (Lipinski definition) is 0. The van der Waals surface area contributed by atoms with Crippen LogP contribution in [0.4, 0.5) is 5.69 Å². The number of aliphatic imine (C=N–C) groups is 1. The first-order chi connectivity index (χ1) is 15.6. The van der Waals surface area contributed by atoms with E-state index in [0.717, 1.165) is 24.1 Å². The summed E-state index contributed by atoms with van der Waals surface area (Å²) in [5.41, 5.74) is 5.84. The molecule has 0 aliphatic heterocycles. The molecule has 0 radical (unpaired) electrons. The van der Waals surface area contributed by atoms with Crippen molar-refractivity contribution in [2.24, 2.45) is 4.99 Å². The lowest BCUT2D eigenvalue weighted by molar-refractivity contribution is 0.234. The van der Waals surface area contributed by atoms with Crippen molar-refractivity contribution in [1.82, 2.24) is 0 Å². The number of unbranched alkanes of at least 4 members (excludes halogenated alkanes) is 4. The Hall–Kier alpha value is -2.15. The molecule has 2 aromatic rings. The van der Waals surface area contributed by atoms with Crippen LogP contribution in [0.3, 0.4) is 0 Å². The maximum absolute atomic E-state index is 7.22. The molecule has 0 fully saturated rings. The van der Waals surface area contributed by atoms with Gasteiger partial charge in [-0.05, 0) is 34.2 Å². The van der Waals surface area contributed by atoms with Crippen molar-refractivity contribution in [3.8, 4) is 11.5 Å². The molecule has 1 atom stereocenters. The van der Waals surface area contributed by atoms with Crippen molar-refractivity contribution in [3.05, 3.63) is 66.2 Å². The van der Waals surface area contributed by atoms with Crippen LogP contribution in [0.5, 0.6) is 0 Å². The molecule has 0 aromatic heterocycles. The van der Waals surface area contributed by atoms with Crippen molar-refractivity contribution in [3.63, 3.8) is 0 Å². The van der Waals surface area contributed by atoms with E-state index < -0.39 is 8.32 Å². The van der Waals surface area contributed by atoms with Crippen LogP contribution in [0.25, 0.3) is 0 Å². The lowest BCUT2D eigenvalue weighted by atomic mass is 10.1. The first-order valence-electron chi connectivity index (χ1n) is 12.4. The summed E-state index contributed by atoms with van der Waals surface area (Å²) in [4.78, 5) is 4.79. The fraction of sp³-hybridized carbons (Fsp3) is 0.500. The van der Waals surface area contributed by atoms with Crippen LogP contribution >= 0.6 is 0 Å². The van der Waals surface area contributed by atoms with E-state index in [4.69, 9.17) is 9.42 Å². The molecule has 0 spiro atoms. The van der Waals surface area contributed by atoms with Gasteiger partial charge in [-0.25, -0.2) is 0 Å². The first kappa shape index (κ1) is 27.1. The van der Waals surface area contributed by atoms with Crippen LogP contribution in [0, 0.1) is 11.5 Å². The lowest BCUT2D eigenvalue weighted by Gasteiger charge is -2.48. The lowest BCUT2D eigenvalue weighted by Crippen LogP contribution is -2.54. The highest BCUT2D eigenvalue weighted by atomic mass is 28.4. The maximum Gasteiger partial charge on any atom is 0.283 e. The molecule has 0 bridgehead atoms. The van der Waals surface area contributed by atoms with Crippen LogP contribution in [0.1, 0.15) is 92.2 Å². The predicted molar refractivity (Wildman–Crippen MR) is 147 cm³/mol. The Morgan fingerprint density at radius 3 is 1.97 bits per heavy atom. The number of hydrogen-bond acceptors (Lipinski definition) is 2. The highest BCUT2D eigenvalue weighted by Crippen LogP contribution is 2.52. The fourth-order valence-electron chi connectivity index (χ4n) is 4.40. The second kappa shape index (κ2) is 12.3. The Labute approximate surface area is 204 Å². The molecular formula is C30H43NOSi. The predicted octanol–water partition coefficient (Wildman–Crippen LogP) is 9.21. The van der Waals surface area contributed by atoms with Gasteiger partial charge in [-0.15, -0.1) is 5.92 Å². The quantitative estimate of drug-likeness (QED) is 0.158. The fourth-order valence-corrected chi connectivity index (χ4v) is 9.11. The van der Waals surface area contributed by atoms with Crippen molar-refractivity contribution in [2.45, 2.75) is 96.8 Å². The molecule has 2 nitrogen and oxygen atoms in total. The van der Waals surface area contributed by atoms with E-state index >= 15 is 0 Å². The minimum atomic E-state index is -2.60. The maximum atomic E-state index is 7.22. The second-order valence-electron chi connectivity index (χ2n) is 10.9. The summed E-state index contributed by atoms with van der Waals surface area (Å²) >= 11 is 0. The minimum absolute atomic E-state index is 0.0602. The molecule has 33 heavy (non-hydrogen) atoms. The monoisotopic (exact) mass is 461 g/mol. The van der Waals surface area contributed by atoms with E-state index in [-0.39, 0.29) is 16.2 Å². The van der Waals surface area contributed by atoms with E-state index in [1.54, 1.807) is 0 Å². The zero-order valence-corrected chi connectivity index (χ0v) is 22.8. The minimum Gasteiger partial charge on any atom is -0.392 e.